The molecule has 7 nitrogen and oxygen atoms in total. The molecule has 5 atom stereocenters. The zero-order chi connectivity index (χ0) is 37.4. The molecular weight excluding hydrogens is 685 g/mol. The number of nitrogens with zero attached hydrogens (tertiary/aromatic N) is 2. The van der Waals surface area contributed by atoms with Crippen LogP contribution in [0.3, 0.4) is 0 Å². The molecule has 3 aliphatic heterocycles. The Morgan fingerprint density at radius 2 is 1.54 bits per heavy atom. The van der Waals surface area contributed by atoms with Gasteiger partial charge in [-0.3, -0.25) is 9.59 Å². The lowest BCUT2D eigenvalue weighted by Crippen LogP contribution is -2.63. The predicted molar refractivity (Wildman–Crippen MR) is 213 cm³/mol. The summed E-state index contributed by atoms with van der Waals surface area (Å²) >= 11 is 0. The van der Waals surface area contributed by atoms with Crippen molar-refractivity contribution in [3.63, 3.8) is 0 Å². The maximum atomic E-state index is 15.3. The Kier molecular flexibility index (Phi) is 14.1. The highest BCUT2D eigenvalue weighted by atomic mass is 32.2. The van der Waals surface area contributed by atoms with E-state index in [1.807, 2.05) is 6.07 Å². The maximum absolute atomic E-state index is 15.3. The van der Waals surface area contributed by atoms with Crippen LogP contribution in [0.4, 0.5) is 0 Å². The highest BCUT2D eigenvalue weighted by Crippen LogP contribution is 2.55. The predicted octanol–water partition coefficient (Wildman–Crippen LogP) is 9.16. The molecule has 0 aromatic heterocycles. The summed E-state index contributed by atoms with van der Waals surface area (Å²) in [5.41, 5.74) is -0.305. The van der Waals surface area contributed by atoms with E-state index in [1.54, 1.807) is 28.6 Å². The van der Waals surface area contributed by atoms with Gasteiger partial charge in [-0.2, -0.15) is 4.31 Å². The van der Waals surface area contributed by atoms with Crippen molar-refractivity contribution in [1.82, 2.24) is 9.21 Å². The first kappa shape index (κ1) is 40.9. The topological polar surface area (TPSA) is 84.0 Å². The number of rotatable bonds is 4. The number of benzene rings is 1. The second-order valence-electron chi connectivity index (χ2n) is 17.7. The van der Waals surface area contributed by atoms with Gasteiger partial charge in [0.05, 0.1) is 4.90 Å². The van der Waals surface area contributed by atoms with Crippen molar-refractivity contribution in [2.75, 3.05) is 26.2 Å². The van der Waals surface area contributed by atoms with Crippen LogP contribution in [0.25, 0.3) is 0 Å². The number of amides is 1. The van der Waals surface area contributed by atoms with Crippen molar-refractivity contribution in [1.29, 1.82) is 0 Å². The average molecular weight is 751 g/mol. The van der Waals surface area contributed by atoms with Crippen molar-refractivity contribution < 1.29 is 22.4 Å². The molecule has 1 aromatic rings. The maximum Gasteiger partial charge on any atom is 0.243 e. The van der Waals surface area contributed by atoms with Crippen molar-refractivity contribution in [3.8, 4) is 11.8 Å². The van der Waals surface area contributed by atoms with Gasteiger partial charge in [0.15, 0.2) is 8.32 Å². The lowest BCUT2D eigenvalue weighted by molar-refractivity contribution is -0.168. The first-order chi connectivity index (χ1) is 24.8. The lowest BCUT2D eigenvalue weighted by Gasteiger charge is -2.56. The Bertz CT molecular complexity index is 1560. The quantitative estimate of drug-likeness (QED) is 0.174. The molecule has 4 bridgehead atoms. The van der Waals surface area contributed by atoms with Gasteiger partial charge in [0.2, 0.25) is 15.9 Å². The molecule has 5 rings (SSSR count). The van der Waals surface area contributed by atoms with E-state index >= 15 is 4.79 Å². The van der Waals surface area contributed by atoms with Crippen molar-refractivity contribution in [2.24, 2.45) is 23.2 Å². The number of hydrogen-bond donors (Lipinski definition) is 0. The van der Waals surface area contributed by atoms with E-state index in [4.69, 9.17) is 4.43 Å². The fourth-order valence-corrected chi connectivity index (χ4v) is 11.9. The van der Waals surface area contributed by atoms with Crippen molar-refractivity contribution >= 4 is 30.0 Å². The van der Waals surface area contributed by atoms with E-state index in [9.17, 15) is 13.2 Å². The Morgan fingerprint density at radius 1 is 0.846 bits per heavy atom. The minimum absolute atomic E-state index is 0.0204. The van der Waals surface area contributed by atoms with E-state index in [0.717, 1.165) is 64.2 Å². The number of hydrogen-bond acceptors (Lipinski definition) is 5. The summed E-state index contributed by atoms with van der Waals surface area (Å²) in [4.78, 5) is 32.1. The molecule has 1 spiro atoms. The van der Waals surface area contributed by atoms with E-state index < -0.39 is 30.2 Å². The van der Waals surface area contributed by atoms with Gasteiger partial charge in [0.25, 0.3) is 0 Å². The normalized spacial score (nSPS) is 30.4. The van der Waals surface area contributed by atoms with Crippen LogP contribution in [-0.4, -0.2) is 69.9 Å². The highest BCUT2D eigenvalue weighted by molar-refractivity contribution is 7.89. The molecule has 3 heterocycles. The molecule has 1 aliphatic carbocycles. The fraction of sp³-hybridized carbons (Fsp3) is 0.721. The molecule has 1 saturated carbocycles. The van der Waals surface area contributed by atoms with Gasteiger partial charge in [-0.15, -0.1) is 5.92 Å². The van der Waals surface area contributed by atoms with E-state index in [-0.39, 0.29) is 45.6 Å². The van der Waals surface area contributed by atoms with Gasteiger partial charge in [-0.1, -0.05) is 102 Å². The number of allylic oxidation sites excluding steroid dienone is 1. The summed E-state index contributed by atoms with van der Waals surface area (Å²) < 4.78 is 37.0. The molecule has 0 N–H and O–H groups in total. The van der Waals surface area contributed by atoms with Crippen molar-refractivity contribution in [2.45, 2.75) is 153 Å². The number of fused-ring (bicyclic) bond motifs is 4. The summed E-state index contributed by atoms with van der Waals surface area (Å²) in [7, 11) is -5.95. The molecular formula is C43H66N2O5SSi. The number of piperidine rings is 1. The number of Topliss-reactive ketones (excluding diaryl/α,β-unsaturated/α-hetero) is 1. The second-order valence-corrected chi connectivity index (χ2v) is 24.4. The molecule has 4 aliphatic rings. The minimum atomic E-state index is -3.76. The van der Waals surface area contributed by atoms with Crippen molar-refractivity contribution in [3.05, 3.63) is 42.5 Å². The van der Waals surface area contributed by atoms with E-state index in [2.05, 4.69) is 62.8 Å². The van der Waals surface area contributed by atoms with Gasteiger partial charge in [-0.05, 0) is 80.6 Å². The Hall–Kier alpha value is -2.25. The molecule has 9 heteroatoms. The van der Waals surface area contributed by atoms with Crippen LogP contribution in [-0.2, 0) is 24.0 Å². The molecule has 2 saturated heterocycles. The van der Waals surface area contributed by atoms with Crippen LogP contribution in [0, 0.1) is 35.0 Å². The van der Waals surface area contributed by atoms with E-state index in [0.29, 0.717) is 45.3 Å². The van der Waals surface area contributed by atoms with Gasteiger partial charge in [0.1, 0.15) is 5.78 Å². The zero-order valence-corrected chi connectivity index (χ0v) is 34.7. The molecule has 4 unspecified atom stereocenters. The number of carbonyl (C=O) groups is 2. The first-order valence-electron chi connectivity index (χ1n) is 20.4. The van der Waals surface area contributed by atoms with Crippen LogP contribution in [0.5, 0.6) is 0 Å². The Labute approximate surface area is 316 Å². The number of carbonyl (C=O) groups excluding carboxylic acids is 2. The Balaban J connectivity index is 1.56. The largest absolute Gasteiger partial charge is 0.414 e. The third-order valence-corrected chi connectivity index (χ3v) is 19.5. The highest BCUT2D eigenvalue weighted by Gasteiger charge is 2.59. The summed E-state index contributed by atoms with van der Waals surface area (Å²) in [5, 5.41) is 0.0204. The van der Waals surface area contributed by atoms with Crippen LogP contribution in [0.15, 0.2) is 47.4 Å². The molecule has 3 fully saturated rings. The Morgan fingerprint density at radius 3 is 2.25 bits per heavy atom. The lowest BCUT2D eigenvalue weighted by atomic mass is 9.53. The van der Waals surface area contributed by atoms with E-state index in [1.165, 1.54) is 12.8 Å². The summed E-state index contributed by atoms with van der Waals surface area (Å²) in [5.74, 6) is 5.68. The SMILES string of the molecule is CC(C)(C)[Si](C)(C)O[C@@H]1C/C=C\CC#CCCCN2CC34CCCCCCCCCCN(S(=O)(=O)c5ccccc5)CCC(C(=O)C3C1)C(C4)C2=O. The van der Waals surface area contributed by atoms with Gasteiger partial charge >= 0.3 is 0 Å². The van der Waals surface area contributed by atoms with Crippen LogP contribution in [0.2, 0.25) is 18.1 Å². The second kappa shape index (κ2) is 17.9. The number of ketones is 1. The van der Waals surface area contributed by atoms with Crippen LogP contribution in [0.1, 0.15) is 124 Å². The molecule has 1 amide bonds. The zero-order valence-electron chi connectivity index (χ0n) is 32.8. The summed E-state index contributed by atoms with van der Waals surface area (Å²) in [6, 6.07) is 8.68. The molecule has 0 radical (unpaired) electrons. The van der Waals surface area contributed by atoms with Gasteiger partial charge in [0, 0.05) is 62.9 Å². The standard InChI is InChI=1S/C43H66N2O5SSi/c1-42(2,3)52(4,5)50-35-24-18-13-9-8-11-15-22-29-44-34-43-28-21-14-10-6-7-12-16-23-30-45(51(48,49)36-25-19-17-20-26-36)31-27-37(38(33-43)41(44)47)40(46)39(43)32-35/h13,17-20,25-26,35,37-39H,6-7,9-10,12,14-16,21-24,27-34H2,1-5H3/b18-13-/t35-,37?,38?,39?,43?/m1/s1. The van der Waals surface area contributed by atoms with Crippen LogP contribution < -0.4 is 0 Å². The molecule has 288 valence electrons. The summed E-state index contributed by atoms with van der Waals surface area (Å²) in [6.45, 7) is 13.3. The minimum Gasteiger partial charge on any atom is -0.414 e. The van der Waals surface area contributed by atoms with Crippen LogP contribution >= 0.6 is 0 Å². The monoisotopic (exact) mass is 750 g/mol. The first-order valence-corrected chi connectivity index (χ1v) is 24.8. The summed E-state index contributed by atoms with van der Waals surface area (Å²) in [6.07, 6.45) is 18.4. The third kappa shape index (κ3) is 9.88. The number of sulfonamides is 1. The molecule has 1 aromatic carbocycles. The fourth-order valence-electron chi connectivity index (χ4n) is 9.02. The molecule has 52 heavy (non-hydrogen) atoms. The smallest absolute Gasteiger partial charge is 0.243 e. The van der Waals surface area contributed by atoms with Gasteiger partial charge < -0.3 is 9.33 Å². The average Bonchev–Trinajstić information content (AvgIpc) is 3.09. The van der Waals surface area contributed by atoms with Gasteiger partial charge in [-0.25, -0.2) is 8.42 Å². The third-order valence-electron chi connectivity index (χ3n) is 13.0.